The van der Waals surface area contributed by atoms with E-state index < -0.39 is 12.2 Å². The molecule has 0 radical (unpaired) electrons. The standard InChI is InChI=1S/C11H12N2O3/c1-7(14)16-11-10(15)12-6-8-4-2-3-5-9(8)13-11/h2-5,11,13H,6H2,1H3,(H,12,15). The molecule has 5 nitrogen and oxygen atoms in total. The van der Waals surface area contributed by atoms with Crippen LogP contribution in [-0.2, 0) is 20.9 Å². The van der Waals surface area contributed by atoms with Gasteiger partial charge >= 0.3 is 5.97 Å². The van der Waals surface area contributed by atoms with Gasteiger partial charge in [-0.05, 0) is 11.6 Å². The van der Waals surface area contributed by atoms with Gasteiger partial charge in [0.25, 0.3) is 12.1 Å². The first-order chi connectivity index (χ1) is 7.66. The molecule has 0 aromatic heterocycles. The van der Waals surface area contributed by atoms with E-state index in [2.05, 4.69) is 10.6 Å². The molecule has 2 N–H and O–H groups in total. The monoisotopic (exact) mass is 220 g/mol. The highest BCUT2D eigenvalue weighted by Crippen LogP contribution is 2.18. The van der Waals surface area contributed by atoms with Crippen LogP contribution in [0.5, 0.6) is 0 Å². The van der Waals surface area contributed by atoms with Crippen LogP contribution >= 0.6 is 0 Å². The third-order valence-electron chi connectivity index (χ3n) is 2.28. The lowest BCUT2D eigenvalue weighted by atomic mass is 10.2. The van der Waals surface area contributed by atoms with Crippen LogP contribution < -0.4 is 10.6 Å². The van der Waals surface area contributed by atoms with Gasteiger partial charge in [-0.25, -0.2) is 0 Å². The van der Waals surface area contributed by atoms with Crippen molar-refractivity contribution in [1.29, 1.82) is 0 Å². The average Bonchev–Trinajstić information content (AvgIpc) is 2.39. The van der Waals surface area contributed by atoms with Gasteiger partial charge in [0.05, 0.1) is 0 Å². The molecule has 1 atom stereocenters. The molecule has 0 aliphatic carbocycles. The van der Waals surface area contributed by atoms with Gasteiger partial charge in [0.15, 0.2) is 0 Å². The fourth-order valence-electron chi connectivity index (χ4n) is 1.55. The van der Waals surface area contributed by atoms with E-state index in [0.29, 0.717) is 6.54 Å². The summed E-state index contributed by atoms with van der Waals surface area (Å²) in [5, 5.41) is 5.56. The molecule has 1 aliphatic heterocycles. The number of esters is 1. The van der Waals surface area contributed by atoms with Crippen molar-refractivity contribution >= 4 is 17.6 Å². The lowest BCUT2D eigenvalue weighted by Gasteiger charge is -2.15. The predicted molar refractivity (Wildman–Crippen MR) is 57.5 cm³/mol. The van der Waals surface area contributed by atoms with Gasteiger partial charge in [-0.3, -0.25) is 9.59 Å². The van der Waals surface area contributed by atoms with Crippen molar-refractivity contribution in [2.24, 2.45) is 0 Å². The second-order valence-corrected chi connectivity index (χ2v) is 3.51. The molecule has 16 heavy (non-hydrogen) atoms. The van der Waals surface area contributed by atoms with Crippen LogP contribution in [-0.4, -0.2) is 18.1 Å². The van der Waals surface area contributed by atoms with E-state index in [1.54, 1.807) is 0 Å². The van der Waals surface area contributed by atoms with Crippen LogP contribution in [0.4, 0.5) is 5.69 Å². The largest absolute Gasteiger partial charge is 0.432 e. The Morgan fingerprint density at radius 2 is 2.19 bits per heavy atom. The van der Waals surface area contributed by atoms with Gasteiger partial charge in [-0.15, -0.1) is 0 Å². The number of carbonyl (C=O) groups excluding carboxylic acids is 2. The molecule has 0 saturated carbocycles. The number of para-hydroxylation sites is 1. The van der Waals surface area contributed by atoms with Gasteiger partial charge in [0, 0.05) is 19.2 Å². The number of amides is 1. The summed E-state index contributed by atoms with van der Waals surface area (Å²) < 4.78 is 4.88. The van der Waals surface area contributed by atoms with Crippen LogP contribution in [0.15, 0.2) is 24.3 Å². The Labute approximate surface area is 92.8 Å². The number of hydrogen-bond donors (Lipinski definition) is 2. The Balaban J connectivity index is 2.24. The Morgan fingerprint density at radius 1 is 1.44 bits per heavy atom. The quantitative estimate of drug-likeness (QED) is 0.681. The fraction of sp³-hybridized carbons (Fsp3) is 0.273. The minimum absolute atomic E-state index is 0.341. The molecule has 1 aromatic rings. The zero-order valence-electron chi connectivity index (χ0n) is 8.82. The van der Waals surface area contributed by atoms with E-state index in [0.717, 1.165) is 11.3 Å². The van der Waals surface area contributed by atoms with Crippen molar-refractivity contribution in [1.82, 2.24) is 5.32 Å². The molecule has 1 amide bonds. The predicted octanol–water partition coefficient (Wildman–Crippen LogP) is 0.618. The maximum Gasteiger partial charge on any atom is 0.304 e. The summed E-state index contributed by atoms with van der Waals surface area (Å²) in [5.74, 6) is -0.835. The van der Waals surface area contributed by atoms with E-state index >= 15 is 0 Å². The number of anilines is 1. The maximum atomic E-state index is 11.6. The highest BCUT2D eigenvalue weighted by molar-refractivity contribution is 5.86. The van der Waals surface area contributed by atoms with Crippen LogP contribution in [0.1, 0.15) is 12.5 Å². The van der Waals surface area contributed by atoms with Crippen molar-refractivity contribution < 1.29 is 14.3 Å². The molecule has 84 valence electrons. The second-order valence-electron chi connectivity index (χ2n) is 3.51. The van der Waals surface area contributed by atoms with Gasteiger partial charge in [0.1, 0.15) is 0 Å². The molecular formula is C11H12N2O3. The minimum atomic E-state index is -0.957. The Bertz CT molecular complexity index is 431. The van der Waals surface area contributed by atoms with E-state index in [9.17, 15) is 9.59 Å². The molecule has 1 aliphatic rings. The highest BCUT2D eigenvalue weighted by Gasteiger charge is 2.24. The van der Waals surface area contributed by atoms with Gasteiger partial charge in [-0.1, -0.05) is 18.2 Å². The zero-order chi connectivity index (χ0) is 11.5. The van der Waals surface area contributed by atoms with Crippen molar-refractivity contribution in [3.8, 4) is 0 Å². The summed E-state index contributed by atoms with van der Waals surface area (Å²) in [6.45, 7) is 1.70. The molecule has 2 rings (SSSR count). The van der Waals surface area contributed by atoms with Crippen molar-refractivity contribution in [3.05, 3.63) is 29.8 Å². The summed E-state index contributed by atoms with van der Waals surface area (Å²) in [6.07, 6.45) is -0.957. The molecule has 0 fully saturated rings. The summed E-state index contributed by atoms with van der Waals surface area (Å²) in [5.41, 5.74) is 1.76. The number of ether oxygens (including phenoxy) is 1. The molecular weight excluding hydrogens is 208 g/mol. The summed E-state index contributed by atoms with van der Waals surface area (Å²) in [7, 11) is 0. The molecule has 1 aromatic carbocycles. The highest BCUT2D eigenvalue weighted by atomic mass is 16.6. The normalized spacial score (nSPS) is 18.8. The third kappa shape index (κ3) is 2.13. The number of rotatable bonds is 1. The summed E-state index contributed by atoms with van der Waals surface area (Å²) in [6, 6.07) is 7.48. The second kappa shape index (κ2) is 4.22. The van der Waals surface area contributed by atoms with Gasteiger partial charge in [-0.2, -0.15) is 0 Å². The molecule has 1 unspecified atom stereocenters. The fourth-order valence-corrected chi connectivity index (χ4v) is 1.55. The van der Waals surface area contributed by atoms with Crippen LogP contribution in [0.3, 0.4) is 0 Å². The molecule has 0 spiro atoms. The van der Waals surface area contributed by atoms with E-state index in [4.69, 9.17) is 4.74 Å². The van der Waals surface area contributed by atoms with Crippen molar-refractivity contribution in [3.63, 3.8) is 0 Å². The molecule has 5 heteroatoms. The van der Waals surface area contributed by atoms with Crippen molar-refractivity contribution in [2.45, 2.75) is 19.7 Å². The number of nitrogens with one attached hydrogen (secondary N) is 2. The number of benzene rings is 1. The Morgan fingerprint density at radius 3 is 2.94 bits per heavy atom. The third-order valence-corrected chi connectivity index (χ3v) is 2.28. The van der Waals surface area contributed by atoms with E-state index in [1.165, 1.54) is 6.92 Å². The number of carbonyl (C=O) groups is 2. The van der Waals surface area contributed by atoms with Crippen LogP contribution in [0.25, 0.3) is 0 Å². The van der Waals surface area contributed by atoms with Gasteiger partial charge in [0.2, 0.25) is 0 Å². The number of hydrogen-bond acceptors (Lipinski definition) is 4. The molecule has 0 saturated heterocycles. The maximum absolute atomic E-state index is 11.6. The lowest BCUT2D eigenvalue weighted by molar-refractivity contribution is -0.152. The van der Waals surface area contributed by atoms with E-state index in [-0.39, 0.29) is 5.91 Å². The average molecular weight is 220 g/mol. The first kappa shape index (κ1) is 10.5. The molecule has 0 bridgehead atoms. The smallest absolute Gasteiger partial charge is 0.304 e. The van der Waals surface area contributed by atoms with Gasteiger partial charge < -0.3 is 15.4 Å². The Kier molecular flexibility index (Phi) is 2.76. The zero-order valence-corrected chi connectivity index (χ0v) is 8.82. The Hall–Kier alpha value is -2.04. The summed E-state index contributed by atoms with van der Waals surface area (Å²) >= 11 is 0. The SMILES string of the molecule is CC(=O)OC1Nc2ccccc2CNC1=O. The lowest BCUT2D eigenvalue weighted by Crippen LogP contribution is -2.39. The first-order valence-electron chi connectivity index (χ1n) is 4.96. The van der Waals surface area contributed by atoms with E-state index in [1.807, 2.05) is 24.3 Å². The summed E-state index contributed by atoms with van der Waals surface area (Å²) in [4.78, 5) is 22.4. The topological polar surface area (TPSA) is 67.4 Å². The first-order valence-corrected chi connectivity index (χ1v) is 4.96. The van der Waals surface area contributed by atoms with Crippen molar-refractivity contribution in [2.75, 3.05) is 5.32 Å². The number of fused-ring (bicyclic) bond motifs is 1. The molecule has 1 heterocycles. The van der Waals surface area contributed by atoms with Crippen LogP contribution in [0, 0.1) is 0 Å². The van der Waals surface area contributed by atoms with Crippen LogP contribution in [0.2, 0.25) is 0 Å². The minimum Gasteiger partial charge on any atom is -0.432 e.